The molecule has 0 fully saturated rings. The van der Waals surface area contributed by atoms with Gasteiger partial charge in [0.25, 0.3) is 0 Å². The number of anilines is 1. The highest BCUT2D eigenvalue weighted by Crippen LogP contribution is 2.35. The van der Waals surface area contributed by atoms with Gasteiger partial charge in [-0.2, -0.15) is 0 Å². The van der Waals surface area contributed by atoms with Gasteiger partial charge < -0.3 is 15.4 Å². The minimum absolute atomic E-state index is 0.0966. The molecule has 0 saturated carbocycles. The van der Waals surface area contributed by atoms with E-state index in [0.717, 1.165) is 0 Å². The number of aromatic nitrogens is 2. The van der Waals surface area contributed by atoms with Crippen molar-refractivity contribution in [2.75, 3.05) is 18.5 Å². The van der Waals surface area contributed by atoms with Crippen LogP contribution in [0.3, 0.4) is 0 Å². The summed E-state index contributed by atoms with van der Waals surface area (Å²) in [4.78, 5) is 17.7. The number of imidazole rings is 1. The van der Waals surface area contributed by atoms with Crippen molar-refractivity contribution in [3.63, 3.8) is 0 Å². The molecule has 27 heavy (non-hydrogen) atoms. The number of carbonyl (C=O) groups is 1. The van der Waals surface area contributed by atoms with Crippen LogP contribution in [0.1, 0.15) is 11.3 Å². The van der Waals surface area contributed by atoms with E-state index in [-0.39, 0.29) is 19.1 Å². The largest absolute Gasteiger partial charge is 0.485 e. The molecule has 0 unspecified atom stereocenters. The van der Waals surface area contributed by atoms with E-state index >= 15 is 0 Å². The molecule has 3 rings (SSSR count). The maximum absolute atomic E-state index is 11.9. The number of carbonyl (C=O) groups excluding carboxylic acids is 1. The number of rotatable bonds is 5. The second kappa shape index (κ2) is 7.94. The predicted octanol–water partition coefficient (Wildman–Crippen LogP) is 4.10. The van der Waals surface area contributed by atoms with Crippen LogP contribution in [0.15, 0.2) is 30.5 Å². The third kappa shape index (κ3) is 3.71. The van der Waals surface area contributed by atoms with Gasteiger partial charge in [-0.15, -0.1) is 0 Å². The lowest BCUT2D eigenvalue weighted by molar-refractivity contribution is -0.117. The third-order valence-electron chi connectivity index (χ3n) is 4.16. The van der Waals surface area contributed by atoms with Crippen LogP contribution in [0.4, 0.5) is 5.69 Å². The summed E-state index contributed by atoms with van der Waals surface area (Å²) in [6.45, 7) is 1.79. The number of nitrogens with two attached hydrogens (primary N) is 1. The minimum atomic E-state index is -0.265. The number of pyridine rings is 1. The van der Waals surface area contributed by atoms with E-state index in [2.05, 4.69) is 4.98 Å². The second-order valence-electron chi connectivity index (χ2n) is 5.86. The zero-order valence-corrected chi connectivity index (χ0v) is 16.9. The molecule has 0 aliphatic rings. The van der Waals surface area contributed by atoms with Crippen molar-refractivity contribution in [3.05, 3.63) is 56.9 Å². The molecule has 0 saturated heterocycles. The van der Waals surface area contributed by atoms with Gasteiger partial charge in [0.15, 0.2) is 11.4 Å². The molecule has 9 heteroatoms. The fourth-order valence-electron chi connectivity index (χ4n) is 2.64. The first-order valence-corrected chi connectivity index (χ1v) is 9.18. The summed E-state index contributed by atoms with van der Waals surface area (Å²) >= 11 is 19.0. The zero-order valence-electron chi connectivity index (χ0n) is 14.7. The van der Waals surface area contributed by atoms with Gasteiger partial charge in [0.05, 0.1) is 22.9 Å². The highest BCUT2D eigenvalue weighted by Gasteiger charge is 2.18. The van der Waals surface area contributed by atoms with Crippen molar-refractivity contribution in [1.29, 1.82) is 0 Å². The van der Waals surface area contributed by atoms with E-state index in [4.69, 9.17) is 45.3 Å². The Balaban J connectivity index is 1.93. The van der Waals surface area contributed by atoms with Gasteiger partial charge >= 0.3 is 0 Å². The van der Waals surface area contributed by atoms with Gasteiger partial charge in [-0.05, 0) is 31.2 Å². The van der Waals surface area contributed by atoms with Crippen molar-refractivity contribution in [3.8, 4) is 5.75 Å². The number of benzene rings is 1. The molecule has 2 heterocycles. The van der Waals surface area contributed by atoms with Crippen molar-refractivity contribution in [1.82, 2.24) is 9.38 Å². The quantitative estimate of drug-likeness (QED) is 0.665. The lowest BCUT2D eigenvalue weighted by atomic mass is 10.2. The number of hydrogen-bond acceptors (Lipinski definition) is 4. The number of hydrogen-bond donors (Lipinski definition) is 1. The molecule has 2 N–H and O–H groups in total. The van der Waals surface area contributed by atoms with E-state index in [0.29, 0.717) is 43.5 Å². The molecule has 0 radical (unpaired) electrons. The van der Waals surface area contributed by atoms with Gasteiger partial charge in [-0.1, -0.05) is 34.8 Å². The normalized spacial score (nSPS) is 11.0. The zero-order chi connectivity index (χ0) is 19.7. The summed E-state index contributed by atoms with van der Waals surface area (Å²) in [5.74, 6) is 0.273. The molecule has 1 amide bonds. The van der Waals surface area contributed by atoms with Crippen molar-refractivity contribution in [2.45, 2.75) is 13.5 Å². The summed E-state index contributed by atoms with van der Waals surface area (Å²) in [7, 11) is 1.60. The highest BCUT2D eigenvalue weighted by molar-refractivity contribution is 6.38. The van der Waals surface area contributed by atoms with Gasteiger partial charge in [-0.25, -0.2) is 4.98 Å². The van der Waals surface area contributed by atoms with E-state index < -0.39 is 0 Å². The van der Waals surface area contributed by atoms with Crippen molar-refractivity contribution >= 4 is 52.0 Å². The average molecular weight is 428 g/mol. The molecule has 0 aliphatic heterocycles. The second-order valence-corrected chi connectivity index (χ2v) is 7.00. The number of fused-ring (bicyclic) bond motifs is 1. The monoisotopic (exact) mass is 426 g/mol. The smallest absolute Gasteiger partial charge is 0.240 e. The average Bonchev–Trinajstić information content (AvgIpc) is 2.95. The van der Waals surface area contributed by atoms with Crippen LogP contribution in [-0.4, -0.2) is 28.9 Å². The van der Waals surface area contributed by atoms with Gasteiger partial charge in [0.2, 0.25) is 5.91 Å². The fourth-order valence-corrected chi connectivity index (χ4v) is 3.42. The molecule has 6 nitrogen and oxygen atoms in total. The molecular formula is C18H17Cl3N4O2. The molecule has 142 valence electrons. The van der Waals surface area contributed by atoms with Crippen LogP contribution >= 0.6 is 34.8 Å². The standard InChI is InChI=1S/C18H17Cl3N4O2/c1-10-17(21)25-7-3-4-14(18(25)23-10)27-9-11-12(19)5-6-13(16(11)20)24(2)15(26)8-22/h3-7H,8-9,22H2,1-2H3. The third-order valence-corrected chi connectivity index (χ3v) is 5.39. The highest BCUT2D eigenvalue weighted by atomic mass is 35.5. The number of aryl methyl sites for hydroxylation is 1. The first kappa shape index (κ1) is 19.8. The molecular weight excluding hydrogens is 411 g/mol. The number of ether oxygens (including phenoxy) is 1. The van der Waals surface area contributed by atoms with Gasteiger partial charge in [-0.3, -0.25) is 9.20 Å². The SMILES string of the molecule is Cc1nc2c(OCc3c(Cl)ccc(N(C)C(=O)CN)c3Cl)cccn2c1Cl. The Morgan fingerprint density at radius 1 is 1.30 bits per heavy atom. The van der Waals surface area contributed by atoms with E-state index in [1.54, 1.807) is 35.8 Å². The van der Waals surface area contributed by atoms with Crippen LogP contribution in [0, 0.1) is 6.92 Å². The maximum Gasteiger partial charge on any atom is 0.240 e. The Kier molecular flexibility index (Phi) is 5.81. The number of nitrogens with zero attached hydrogens (tertiary/aromatic N) is 3. The fraction of sp³-hybridized carbons (Fsp3) is 0.222. The Morgan fingerprint density at radius 3 is 2.74 bits per heavy atom. The van der Waals surface area contributed by atoms with Crippen LogP contribution in [0.25, 0.3) is 5.65 Å². The van der Waals surface area contributed by atoms with E-state index in [1.165, 1.54) is 4.90 Å². The first-order valence-electron chi connectivity index (χ1n) is 8.04. The molecule has 0 spiro atoms. The Bertz CT molecular complexity index is 1020. The molecule has 0 atom stereocenters. The molecule has 0 bridgehead atoms. The van der Waals surface area contributed by atoms with Gasteiger partial charge in [0, 0.05) is 23.8 Å². The molecule has 3 aromatic rings. The van der Waals surface area contributed by atoms with Crippen molar-refractivity contribution in [2.24, 2.45) is 5.73 Å². The Labute approximate surface area is 171 Å². The minimum Gasteiger partial charge on any atom is -0.485 e. The maximum atomic E-state index is 11.9. The van der Waals surface area contributed by atoms with Crippen LogP contribution in [0.5, 0.6) is 5.75 Å². The topological polar surface area (TPSA) is 72.9 Å². The van der Waals surface area contributed by atoms with Gasteiger partial charge in [0.1, 0.15) is 11.8 Å². The van der Waals surface area contributed by atoms with Crippen LogP contribution in [-0.2, 0) is 11.4 Å². The van der Waals surface area contributed by atoms with E-state index in [1.807, 2.05) is 13.0 Å². The summed E-state index contributed by atoms with van der Waals surface area (Å²) in [5, 5.41) is 1.29. The van der Waals surface area contributed by atoms with Crippen molar-refractivity contribution < 1.29 is 9.53 Å². The summed E-state index contributed by atoms with van der Waals surface area (Å²) in [5.41, 5.74) is 7.79. The lowest BCUT2D eigenvalue weighted by Gasteiger charge is -2.20. The summed E-state index contributed by atoms with van der Waals surface area (Å²) in [6, 6.07) is 6.93. The molecule has 0 aliphatic carbocycles. The number of halogens is 3. The number of amides is 1. The molecule has 2 aromatic heterocycles. The summed E-state index contributed by atoms with van der Waals surface area (Å²) < 4.78 is 7.65. The number of likely N-dealkylation sites (N-methyl/N-ethyl adjacent to an activating group) is 1. The predicted molar refractivity (Wildman–Crippen MR) is 108 cm³/mol. The van der Waals surface area contributed by atoms with Crippen LogP contribution in [0.2, 0.25) is 15.2 Å². The lowest BCUT2D eigenvalue weighted by Crippen LogP contribution is -2.32. The molecule has 1 aromatic carbocycles. The summed E-state index contributed by atoms with van der Waals surface area (Å²) in [6.07, 6.45) is 1.80. The Hall–Kier alpha value is -1.99. The first-order chi connectivity index (χ1) is 12.8. The van der Waals surface area contributed by atoms with E-state index in [9.17, 15) is 4.79 Å². The van der Waals surface area contributed by atoms with Crippen LogP contribution < -0.4 is 15.4 Å². The Morgan fingerprint density at radius 2 is 2.04 bits per heavy atom.